The van der Waals surface area contributed by atoms with Crippen LogP contribution in [0.2, 0.25) is 0 Å². The van der Waals surface area contributed by atoms with Crippen molar-refractivity contribution in [2.24, 2.45) is 0 Å². The van der Waals surface area contributed by atoms with Crippen LogP contribution in [-0.2, 0) is 0 Å². The van der Waals surface area contributed by atoms with Crippen LogP contribution in [0.25, 0.3) is 5.69 Å². The Morgan fingerprint density at radius 3 is 2.60 bits per heavy atom. The van der Waals surface area contributed by atoms with E-state index in [0.717, 1.165) is 43.7 Å². The molecule has 3 rings (SSSR count). The SMILES string of the molecule is CCN1CCC(NC(=O)N[C@@H](C)c2ccc(-n3ccnn3)cc2)CC1. The van der Waals surface area contributed by atoms with Crippen LogP contribution < -0.4 is 10.6 Å². The third-order valence-electron chi connectivity index (χ3n) is 4.80. The predicted molar refractivity (Wildman–Crippen MR) is 96.6 cm³/mol. The lowest BCUT2D eigenvalue weighted by atomic mass is 10.1. The zero-order valence-corrected chi connectivity index (χ0v) is 14.9. The van der Waals surface area contributed by atoms with Crippen molar-refractivity contribution in [2.75, 3.05) is 19.6 Å². The van der Waals surface area contributed by atoms with E-state index in [0.29, 0.717) is 0 Å². The van der Waals surface area contributed by atoms with Gasteiger partial charge in [-0.2, -0.15) is 0 Å². The molecule has 0 radical (unpaired) electrons. The number of rotatable bonds is 5. The summed E-state index contributed by atoms with van der Waals surface area (Å²) in [6.07, 6.45) is 5.48. The maximum atomic E-state index is 12.2. The summed E-state index contributed by atoms with van der Waals surface area (Å²) in [7, 11) is 0. The van der Waals surface area contributed by atoms with Crippen LogP contribution in [0.1, 0.15) is 38.3 Å². The van der Waals surface area contributed by atoms with Gasteiger partial charge in [-0.05, 0) is 44.0 Å². The van der Waals surface area contributed by atoms with E-state index in [4.69, 9.17) is 0 Å². The Morgan fingerprint density at radius 1 is 1.28 bits per heavy atom. The largest absolute Gasteiger partial charge is 0.335 e. The lowest BCUT2D eigenvalue weighted by molar-refractivity contribution is 0.197. The molecule has 2 heterocycles. The number of carbonyl (C=O) groups excluding carboxylic acids is 1. The number of carbonyl (C=O) groups is 1. The molecule has 2 amide bonds. The molecule has 1 aliphatic heterocycles. The number of amides is 2. The van der Waals surface area contributed by atoms with Gasteiger partial charge in [-0.3, -0.25) is 0 Å². The van der Waals surface area contributed by atoms with Crippen LogP contribution in [0.15, 0.2) is 36.7 Å². The van der Waals surface area contributed by atoms with Gasteiger partial charge >= 0.3 is 6.03 Å². The summed E-state index contributed by atoms with van der Waals surface area (Å²) in [5.74, 6) is 0. The summed E-state index contributed by atoms with van der Waals surface area (Å²) in [5.41, 5.74) is 2.00. The van der Waals surface area contributed by atoms with Gasteiger partial charge in [0.1, 0.15) is 0 Å². The second-order valence-electron chi connectivity index (χ2n) is 6.49. The molecule has 0 bridgehead atoms. The first-order chi connectivity index (χ1) is 12.2. The summed E-state index contributed by atoms with van der Waals surface area (Å²) in [4.78, 5) is 14.7. The summed E-state index contributed by atoms with van der Waals surface area (Å²) < 4.78 is 1.71. The van der Waals surface area contributed by atoms with E-state index in [9.17, 15) is 4.79 Å². The van der Waals surface area contributed by atoms with Crippen molar-refractivity contribution < 1.29 is 4.79 Å². The van der Waals surface area contributed by atoms with Gasteiger partial charge in [-0.1, -0.05) is 24.3 Å². The molecule has 134 valence electrons. The molecule has 25 heavy (non-hydrogen) atoms. The molecule has 0 saturated carbocycles. The maximum Gasteiger partial charge on any atom is 0.315 e. The summed E-state index contributed by atoms with van der Waals surface area (Å²) in [6, 6.07) is 8.07. The Morgan fingerprint density at radius 2 is 2.00 bits per heavy atom. The van der Waals surface area contributed by atoms with Gasteiger partial charge in [0.25, 0.3) is 0 Å². The Labute approximate surface area is 148 Å². The molecule has 7 nitrogen and oxygen atoms in total. The number of benzene rings is 1. The number of urea groups is 1. The van der Waals surface area contributed by atoms with Crippen LogP contribution in [0.5, 0.6) is 0 Å². The summed E-state index contributed by atoms with van der Waals surface area (Å²) >= 11 is 0. The Kier molecular flexibility index (Phi) is 5.65. The summed E-state index contributed by atoms with van der Waals surface area (Å²) in [5, 5.41) is 13.9. The standard InChI is InChI=1S/C18H26N6O/c1-3-23-11-8-16(9-12-23)21-18(25)20-14(2)15-4-6-17(7-5-15)24-13-10-19-22-24/h4-7,10,13-14,16H,3,8-9,11-12H2,1-2H3,(H2,20,21,25)/t14-/m0/s1. The van der Waals surface area contributed by atoms with Crippen molar-refractivity contribution >= 4 is 6.03 Å². The van der Waals surface area contributed by atoms with E-state index in [2.05, 4.69) is 32.8 Å². The highest BCUT2D eigenvalue weighted by molar-refractivity contribution is 5.74. The second kappa shape index (κ2) is 8.11. The highest BCUT2D eigenvalue weighted by Gasteiger charge is 2.20. The fourth-order valence-electron chi connectivity index (χ4n) is 3.16. The minimum absolute atomic E-state index is 0.0551. The minimum atomic E-state index is -0.0946. The lowest BCUT2D eigenvalue weighted by Crippen LogP contribution is -2.48. The highest BCUT2D eigenvalue weighted by atomic mass is 16.2. The first kappa shape index (κ1) is 17.4. The lowest BCUT2D eigenvalue weighted by Gasteiger charge is -2.31. The third-order valence-corrected chi connectivity index (χ3v) is 4.80. The monoisotopic (exact) mass is 342 g/mol. The molecule has 1 fully saturated rings. The van der Waals surface area contributed by atoms with E-state index in [1.165, 1.54) is 0 Å². The first-order valence-electron chi connectivity index (χ1n) is 8.91. The van der Waals surface area contributed by atoms with Crippen molar-refractivity contribution in [1.82, 2.24) is 30.5 Å². The molecule has 2 aromatic rings. The molecule has 0 aliphatic carbocycles. The Bertz CT molecular complexity index is 661. The molecule has 1 saturated heterocycles. The van der Waals surface area contributed by atoms with E-state index >= 15 is 0 Å². The number of likely N-dealkylation sites (tertiary alicyclic amines) is 1. The van der Waals surface area contributed by atoms with Gasteiger partial charge < -0.3 is 15.5 Å². The third kappa shape index (κ3) is 4.57. The molecule has 1 aromatic heterocycles. The normalized spacial score (nSPS) is 17.2. The van der Waals surface area contributed by atoms with E-state index in [-0.39, 0.29) is 18.1 Å². The Hall–Kier alpha value is -2.41. The van der Waals surface area contributed by atoms with Crippen LogP contribution in [0, 0.1) is 0 Å². The molecule has 1 aromatic carbocycles. The van der Waals surface area contributed by atoms with Gasteiger partial charge in [-0.25, -0.2) is 9.48 Å². The fourth-order valence-corrected chi connectivity index (χ4v) is 3.16. The molecule has 0 unspecified atom stereocenters. The molecule has 1 atom stereocenters. The molecular formula is C18H26N6O. The van der Waals surface area contributed by atoms with Gasteiger partial charge in [0.15, 0.2) is 0 Å². The van der Waals surface area contributed by atoms with Crippen molar-refractivity contribution in [3.05, 3.63) is 42.2 Å². The molecule has 2 N–H and O–H groups in total. The smallest absolute Gasteiger partial charge is 0.315 e. The zero-order chi connectivity index (χ0) is 17.6. The van der Waals surface area contributed by atoms with E-state index in [1.54, 1.807) is 17.1 Å². The number of aromatic nitrogens is 3. The number of hydrogen-bond donors (Lipinski definition) is 2. The maximum absolute atomic E-state index is 12.2. The average Bonchev–Trinajstić information content (AvgIpc) is 3.17. The average molecular weight is 342 g/mol. The van der Waals surface area contributed by atoms with Gasteiger partial charge in [0.05, 0.1) is 24.1 Å². The van der Waals surface area contributed by atoms with Gasteiger partial charge in [-0.15, -0.1) is 5.10 Å². The number of nitrogens with one attached hydrogen (secondary N) is 2. The van der Waals surface area contributed by atoms with E-state index < -0.39 is 0 Å². The molecule has 7 heteroatoms. The fraction of sp³-hybridized carbons (Fsp3) is 0.500. The van der Waals surface area contributed by atoms with Crippen LogP contribution >= 0.6 is 0 Å². The zero-order valence-electron chi connectivity index (χ0n) is 14.9. The molecule has 0 spiro atoms. The molecule has 1 aliphatic rings. The molecular weight excluding hydrogens is 316 g/mol. The number of hydrogen-bond acceptors (Lipinski definition) is 4. The predicted octanol–water partition coefficient (Wildman–Crippen LogP) is 2.11. The van der Waals surface area contributed by atoms with Crippen molar-refractivity contribution in [3.63, 3.8) is 0 Å². The first-order valence-corrected chi connectivity index (χ1v) is 8.91. The second-order valence-corrected chi connectivity index (χ2v) is 6.49. The number of nitrogens with zero attached hydrogens (tertiary/aromatic N) is 4. The van der Waals surface area contributed by atoms with Crippen molar-refractivity contribution in [2.45, 2.75) is 38.8 Å². The van der Waals surface area contributed by atoms with Crippen molar-refractivity contribution in [1.29, 1.82) is 0 Å². The number of piperidine rings is 1. The van der Waals surface area contributed by atoms with Crippen LogP contribution in [0.4, 0.5) is 4.79 Å². The van der Waals surface area contributed by atoms with E-state index in [1.807, 2.05) is 31.2 Å². The summed E-state index contributed by atoms with van der Waals surface area (Å²) in [6.45, 7) is 7.36. The topological polar surface area (TPSA) is 75.1 Å². The van der Waals surface area contributed by atoms with Crippen molar-refractivity contribution in [3.8, 4) is 5.69 Å². The van der Waals surface area contributed by atoms with Gasteiger partial charge in [0, 0.05) is 19.1 Å². The quantitative estimate of drug-likeness (QED) is 0.873. The van der Waals surface area contributed by atoms with Crippen LogP contribution in [0.3, 0.4) is 0 Å². The highest BCUT2D eigenvalue weighted by Crippen LogP contribution is 2.15. The van der Waals surface area contributed by atoms with Crippen LogP contribution in [-0.4, -0.2) is 51.6 Å². The Balaban J connectivity index is 1.50. The van der Waals surface area contributed by atoms with Gasteiger partial charge in [0.2, 0.25) is 0 Å². The minimum Gasteiger partial charge on any atom is -0.335 e.